The molecule has 1 aromatic rings. The Morgan fingerprint density at radius 1 is 1.20 bits per heavy atom. The van der Waals surface area contributed by atoms with Gasteiger partial charge < -0.3 is 0 Å². The molecule has 1 heterocycles. The molecular weight excluding hydrogens is 326 g/mol. The Balaban J connectivity index is 2.30. The Hall–Kier alpha value is -0.560. The molecule has 1 aliphatic heterocycles. The van der Waals surface area contributed by atoms with Crippen molar-refractivity contribution in [3.05, 3.63) is 41.8 Å². The Morgan fingerprint density at radius 2 is 1.85 bits per heavy atom. The number of halogens is 7. The lowest BCUT2D eigenvalue weighted by molar-refractivity contribution is -0.201. The first-order valence-corrected chi connectivity index (χ1v) is 6.90. The van der Waals surface area contributed by atoms with E-state index in [1.54, 1.807) is 0 Å². The molecule has 111 valence electrons. The lowest BCUT2D eigenvalue weighted by Gasteiger charge is -2.46. The van der Waals surface area contributed by atoms with Crippen LogP contribution in [0.15, 0.2) is 24.3 Å². The van der Waals surface area contributed by atoms with Crippen LogP contribution in [0.3, 0.4) is 0 Å². The van der Waals surface area contributed by atoms with Crippen LogP contribution in [0.4, 0.5) is 26.3 Å². The number of rotatable bonds is 2. The van der Waals surface area contributed by atoms with Crippen LogP contribution < -0.4 is 0 Å². The number of hydrogen-bond donors (Lipinski definition) is 0. The van der Waals surface area contributed by atoms with E-state index in [0.717, 1.165) is 30.3 Å². The van der Waals surface area contributed by atoms with E-state index in [4.69, 9.17) is 11.6 Å². The summed E-state index contributed by atoms with van der Waals surface area (Å²) in [6.45, 7) is 0. The third-order valence-corrected chi connectivity index (χ3v) is 5.16. The fourth-order valence-electron chi connectivity index (χ4n) is 1.83. The average molecular weight is 334 g/mol. The topological polar surface area (TPSA) is 0 Å². The average Bonchev–Trinajstić information content (AvgIpc) is 2.31. The van der Waals surface area contributed by atoms with Gasteiger partial charge in [0.05, 0.1) is 10.3 Å². The van der Waals surface area contributed by atoms with Crippen molar-refractivity contribution in [1.82, 2.24) is 0 Å². The van der Waals surface area contributed by atoms with E-state index in [2.05, 4.69) is 0 Å². The molecule has 1 aliphatic rings. The molecule has 1 fully saturated rings. The van der Waals surface area contributed by atoms with Crippen molar-refractivity contribution in [3.63, 3.8) is 0 Å². The fraction of sp³-hybridized carbons (Fsp3) is 0.417. The van der Waals surface area contributed by atoms with Crippen LogP contribution >= 0.6 is 23.4 Å². The predicted molar refractivity (Wildman–Crippen MR) is 65.4 cm³/mol. The molecular formula is C12H8ClF6S. The van der Waals surface area contributed by atoms with Crippen LogP contribution in [-0.4, -0.2) is 16.6 Å². The summed E-state index contributed by atoms with van der Waals surface area (Å²) < 4.78 is 75.6. The molecule has 0 saturated carbocycles. The van der Waals surface area contributed by atoms with Crippen molar-refractivity contribution in [3.8, 4) is 0 Å². The van der Waals surface area contributed by atoms with Crippen molar-refractivity contribution in [2.24, 2.45) is 5.41 Å². The summed E-state index contributed by atoms with van der Waals surface area (Å²) in [6.07, 6.45) is -8.40. The summed E-state index contributed by atoms with van der Waals surface area (Å²) in [5.74, 6) is -0.291. The molecule has 0 aromatic heterocycles. The van der Waals surface area contributed by atoms with Gasteiger partial charge in [-0.15, -0.1) is 23.4 Å². The minimum atomic E-state index is -4.60. The van der Waals surface area contributed by atoms with E-state index in [0.29, 0.717) is 6.07 Å². The molecule has 0 N–H and O–H groups in total. The van der Waals surface area contributed by atoms with Crippen LogP contribution in [0.1, 0.15) is 11.1 Å². The van der Waals surface area contributed by atoms with Crippen molar-refractivity contribution >= 4 is 23.4 Å². The maximum absolute atomic E-state index is 13.1. The van der Waals surface area contributed by atoms with Gasteiger partial charge in [-0.2, -0.15) is 26.3 Å². The lowest BCUT2D eigenvalue weighted by Crippen LogP contribution is -2.53. The number of thioether (sulfide) groups is 1. The van der Waals surface area contributed by atoms with Gasteiger partial charge in [0.1, 0.15) is 5.41 Å². The summed E-state index contributed by atoms with van der Waals surface area (Å²) in [6, 6.07) is 3.79. The summed E-state index contributed by atoms with van der Waals surface area (Å²) in [4.78, 5) is 0. The quantitative estimate of drug-likeness (QED) is 0.535. The van der Waals surface area contributed by atoms with E-state index < -0.39 is 28.0 Å². The molecule has 2 unspecified atom stereocenters. The highest BCUT2D eigenvalue weighted by atomic mass is 35.5. The first kappa shape index (κ1) is 15.8. The highest BCUT2D eigenvalue weighted by Crippen LogP contribution is 2.59. The second-order valence-electron chi connectivity index (χ2n) is 4.43. The van der Waals surface area contributed by atoms with Gasteiger partial charge in [0.25, 0.3) is 0 Å². The van der Waals surface area contributed by atoms with Gasteiger partial charge in [-0.3, -0.25) is 0 Å². The normalized spacial score (nSPS) is 27.2. The molecule has 1 saturated heterocycles. The van der Waals surface area contributed by atoms with Crippen LogP contribution in [0.25, 0.3) is 0 Å². The smallest absolute Gasteiger partial charge is 0.170 e. The first-order chi connectivity index (χ1) is 9.06. The van der Waals surface area contributed by atoms with E-state index in [1.807, 2.05) is 0 Å². The Bertz CT molecular complexity index is 497. The molecule has 1 radical (unpaired) electrons. The molecule has 1 aromatic carbocycles. The number of hydrogen-bond acceptors (Lipinski definition) is 1. The summed E-state index contributed by atoms with van der Waals surface area (Å²) in [7, 11) is 0. The Labute approximate surface area is 120 Å². The summed E-state index contributed by atoms with van der Waals surface area (Å²) in [5.41, 5.74) is -3.39. The van der Waals surface area contributed by atoms with Crippen molar-refractivity contribution in [2.75, 3.05) is 5.75 Å². The van der Waals surface area contributed by atoms with Crippen LogP contribution in [0, 0.1) is 11.8 Å². The van der Waals surface area contributed by atoms with Crippen molar-refractivity contribution in [1.29, 1.82) is 0 Å². The van der Waals surface area contributed by atoms with Gasteiger partial charge >= 0.3 is 12.4 Å². The van der Waals surface area contributed by atoms with Crippen LogP contribution in [0.2, 0.25) is 0 Å². The number of alkyl halides is 7. The molecule has 0 amide bonds. The highest BCUT2D eigenvalue weighted by molar-refractivity contribution is 8.02. The molecule has 2 atom stereocenters. The van der Waals surface area contributed by atoms with E-state index in [-0.39, 0.29) is 11.3 Å². The predicted octanol–water partition coefficient (Wildman–Crippen LogP) is 5.12. The van der Waals surface area contributed by atoms with E-state index >= 15 is 0 Å². The van der Waals surface area contributed by atoms with Gasteiger partial charge in [-0.25, -0.2) is 0 Å². The lowest BCUT2D eigenvalue weighted by atomic mass is 9.83. The molecule has 0 bridgehead atoms. The molecule has 20 heavy (non-hydrogen) atoms. The second kappa shape index (κ2) is 5.02. The molecule has 2 rings (SSSR count). The zero-order valence-electron chi connectivity index (χ0n) is 9.73. The van der Waals surface area contributed by atoms with Gasteiger partial charge in [0.2, 0.25) is 0 Å². The second-order valence-corrected chi connectivity index (χ2v) is 6.22. The van der Waals surface area contributed by atoms with Gasteiger partial charge in [-0.05, 0) is 11.6 Å². The van der Waals surface area contributed by atoms with E-state index in [9.17, 15) is 26.3 Å². The SMILES string of the molecule is FC(F)(F)c1cccc([CH]C2(C(F)(F)F)CSC2Cl)c1. The van der Waals surface area contributed by atoms with E-state index in [1.165, 1.54) is 6.07 Å². The monoisotopic (exact) mass is 333 g/mol. The maximum Gasteiger partial charge on any atom is 0.416 e. The largest absolute Gasteiger partial charge is 0.416 e. The minimum Gasteiger partial charge on any atom is -0.170 e. The number of benzene rings is 1. The van der Waals surface area contributed by atoms with Gasteiger partial charge in [0, 0.05) is 12.2 Å². The zero-order chi connectivity index (χ0) is 15.2. The summed E-state index contributed by atoms with van der Waals surface area (Å²) in [5, 5.41) is 0. The Kier molecular flexibility index (Phi) is 3.97. The van der Waals surface area contributed by atoms with Crippen LogP contribution in [-0.2, 0) is 6.18 Å². The third kappa shape index (κ3) is 2.74. The maximum atomic E-state index is 13.1. The molecule has 0 nitrogen and oxygen atoms in total. The zero-order valence-corrected chi connectivity index (χ0v) is 11.3. The first-order valence-electron chi connectivity index (χ1n) is 5.42. The van der Waals surface area contributed by atoms with Gasteiger partial charge in [0.15, 0.2) is 0 Å². The van der Waals surface area contributed by atoms with Crippen molar-refractivity contribution in [2.45, 2.75) is 17.1 Å². The third-order valence-electron chi connectivity index (χ3n) is 3.04. The fourth-order valence-corrected chi connectivity index (χ4v) is 3.49. The highest BCUT2D eigenvalue weighted by Gasteiger charge is 2.64. The minimum absolute atomic E-state index is 0.136. The molecule has 8 heteroatoms. The molecule has 0 spiro atoms. The Morgan fingerprint density at radius 3 is 2.25 bits per heavy atom. The summed E-state index contributed by atoms with van der Waals surface area (Å²) >= 11 is 6.54. The standard InChI is InChI=1S/C12H8ClF6S/c13-9-10(6-20-9,12(17,18)19)5-7-2-1-3-8(4-7)11(14,15)16/h1-5,9H,6H2. The molecule has 0 aliphatic carbocycles. The van der Waals surface area contributed by atoms with Crippen molar-refractivity contribution < 1.29 is 26.3 Å². The van der Waals surface area contributed by atoms with Gasteiger partial charge in [-0.1, -0.05) is 18.2 Å². The van der Waals surface area contributed by atoms with Crippen LogP contribution in [0.5, 0.6) is 0 Å².